The number of rotatable bonds is 5. The lowest BCUT2D eigenvalue weighted by molar-refractivity contribution is 0.0948. The third kappa shape index (κ3) is 3.17. The van der Waals surface area contributed by atoms with Gasteiger partial charge in [-0.2, -0.15) is 0 Å². The molecule has 1 amide bonds. The van der Waals surface area contributed by atoms with Gasteiger partial charge in [-0.25, -0.2) is 4.39 Å². The van der Waals surface area contributed by atoms with Crippen molar-refractivity contribution in [2.45, 2.75) is 20.4 Å². The highest BCUT2D eigenvalue weighted by Gasteiger charge is 2.14. The molecule has 0 atom stereocenters. The van der Waals surface area contributed by atoms with Gasteiger partial charge in [-0.3, -0.25) is 4.79 Å². The van der Waals surface area contributed by atoms with Crippen LogP contribution >= 0.6 is 0 Å². The van der Waals surface area contributed by atoms with Gasteiger partial charge in [0.05, 0.1) is 17.8 Å². The maximum Gasteiger partial charge on any atom is 0.253 e. The third-order valence-electron chi connectivity index (χ3n) is 2.83. The van der Waals surface area contributed by atoms with Gasteiger partial charge < -0.3 is 15.1 Å². The maximum atomic E-state index is 13.7. The lowest BCUT2D eigenvalue weighted by Gasteiger charge is -2.11. The van der Waals surface area contributed by atoms with Gasteiger partial charge in [-0.15, -0.1) is 0 Å². The maximum absolute atomic E-state index is 13.7. The zero-order valence-electron chi connectivity index (χ0n) is 11.5. The molecule has 0 fully saturated rings. The molecule has 1 heterocycles. The first-order chi connectivity index (χ1) is 9.61. The number of para-hydroxylation sites is 1. The Balaban J connectivity index is 2.10. The van der Waals surface area contributed by atoms with Gasteiger partial charge >= 0.3 is 0 Å². The Hall–Kier alpha value is -2.30. The van der Waals surface area contributed by atoms with Gasteiger partial charge in [0.15, 0.2) is 0 Å². The van der Waals surface area contributed by atoms with Crippen molar-refractivity contribution in [3.05, 3.63) is 53.2 Å². The van der Waals surface area contributed by atoms with E-state index in [-0.39, 0.29) is 23.7 Å². The zero-order valence-corrected chi connectivity index (χ0v) is 11.5. The smallest absolute Gasteiger partial charge is 0.253 e. The SMILES string of the molecule is CCNc1c(F)cccc1C(=O)NCc1ccc(C)o1. The van der Waals surface area contributed by atoms with E-state index in [4.69, 9.17) is 4.42 Å². The number of furan rings is 1. The number of halogens is 1. The molecule has 5 heteroatoms. The van der Waals surface area contributed by atoms with Crippen LogP contribution in [0.4, 0.5) is 10.1 Å². The Labute approximate surface area is 117 Å². The standard InChI is InChI=1S/C15H17FN2O2/c1-3-17-14-12(5-4-6-13(14)16)15(19)18-9-11-8-7-10(2)20-11/h4-8,17H,3,9H2,1-2H3,(H,18,19). The molecule has 0 aliphatic rings. The van der Waals surface area contributed by atoms with Gasteiger partial charge in [0.1, 0.15) is 17.3 Å². The number of hydrogen-bond acceptors (Lipinski definition) is 3. The average Bonchev–Trinajstić information content (AvgIpc) is 2.84. The minimum absolute atomic E-state index is 0.225. The lowest BCUT2D eigenvalue weighted by atomic mass is 10.1. The van der Waals surface area contributed by atoms with E-state index in [1.165, 1.54) is 12.1 Å². The van der Waals surface area contributed by atoms with Crippen LogP contribution in [0.25, 0.3) is 0 Å². The molecule has 0 spiro atoms. The van der Waals surface area contributed by atoms with Gasteiger partial charge in [-0.1, -0.05) is 6.07 Å². The molecule has 0 radical (unpaired) electrons. The van der Waals surface area contributed by atoms with E-state index in [0.717, 1.165) is 5.76 Å². The minimum Gasteiger partial charge on any atom is -0.465 e. The molecule has 1 aromatic heterocycles. The number of hydrogen-bond donors (Lipinski definition) is 2. The molecule has 4 nitrogen and oxygen atoms in total. The number of carbonyl (C=O) groups is 1. The van der Waals surface area contributed by atoms with E-state index >= 15 is 0 Å². The topological polar surface area (TPSA) is 54.3 Å². The van der Waals surface area contributed by atoms with Crippen molar-refractivity contribution in [3.8, 4) is 0 Å². The molecular weight excluding hydrogens is 259 g/mol. The van der Waals surface area contributed by atoms with Gasteiger partial charge in [0, 0.05) is 6.54 Å². The molecule has 0 aliphatic carbocycles. The minimum atomic E-state index is -0.437. The van der Waals surface area contributed by atoms with Crippen LogP contribution in [0.3, 0.4) is 0 Å². The molecule has 0 saturated carbocycles. The number of aryl methyl sites for hydroxylation is 1. The van der Waals surface area contributed by atoms with Crippen LogP contribution in [0.5, 0.6) is 0 Å². The summed E-state index contributed by atoms with van der Waals surface area (Å²) in [5.74, 6) is 0.674. The lowest BCUT2D eigenvalue weighted by Crippen LogP contribution is -2.24. The van der Waals surface area contributed by atoms with Crippen molar-refractivity contribution in [1.82, 2.24) is 5.32 Å². The summed E-state index contributed by atoms with van der Waals surface area (Å²) in [6, 6.07) is 8.05. The average molecular weight is 276 g/mol. The van der Waals surface area contributed by atoms with Crippen LogP contribution in [0.15, 0.2) is 34.7 Å². The number of amides is 1. The summed E-state index contributed by atoms with van der Waals surface area (Å²) in [4.78, 5) is 12.1. The van der Waals surface area contributed by atoms with Crippen molar-refractivity contribution >= 4 is 11.6 Å². The summed E-state index contributed by atoms with van der Waals surface area (Å²) >= 11 is 0. The Kier molecular flexibility index (Phi) is 4.40. The van der Waals surface area contributed by atoms with E-state index in [2.05, 4.69) is 10.6 Å². The molecule has 20 heavy (non-hydrogen) atoms. The first-order valence-corrected chi connectivity index (χ1v) is 6.47. The monoisotopic (exact) mass is 276 g/mol. The summed E-state index contributed by atoms with van der Waals surface area (Å²) in [5.41, 5.74) is 0.512. The molecule has 0 saturated heterocycles. The highest BCUT2D eigenvalue weighted by molar-refractivity contribution is 5.99. The van der Waals surface area contributed by atoms with E-state index in [0.29, 0.717) is 12.3 Å². The second-order valence-electron chi connectivity index (χ2n) is 4.39. The molecular formula is C15H17FN2O2. The van der Waals surface area contributed by atoms with Crippen LogP contribution in [-0.4, -0.2) is 12.5 Å². The Morgan fingerprint density at radius 1 is 1.30 bits per heavy atom. The van der Waals surface area contributed by atoms with Crippen molar-refractivity contribution < 1.29 is 13.6 Å². The van der Waals surface area contributed by atoms with E-state index in [1.54, 1.807) is 12.1 Å². The zero-order chi connectivity index (χ0) is 14.5. The van der Waals surface area contributed by atoms with Crippen molar-refractivity contribution in [3.63, 3.8) is 0 Å². The largest absolute Gasteiger partial charge is 0.465 e. The normalized spacial score (nSPS) is 10.3. The Bertz CT molecular complexity index is 608. The van der Waals surface area contributed by atoms with Crippen LogP contribution < -0.4 is 10.6 Å². The molecule has 0 bridgehead atoms. The highest BCUT2D eigenvalue weighted by atomic mass is 19.1. The number of nitrogens with one attached hydrogen (secondary N) is 2. The molecule has 2 aromatic rings. The van der Waals surface area contributed by atoms with Crippen molar-refractivity contribution in [2.24, 2.45) is 0 Å². The van der Waals surface area contributed by atoms with Crippen LogP contribution in [0, 0.1) is 12.7 Å². The first-order valence-electron chi connectivity index (χ1n) is 6.47. The van der Waals surface area contributed by atoms with Gasteiger partial charge in [0.2, 0.25) is 0 Å². The van der Waals surface area contributed by atoms with E-state index in [9.17, 15) is 9.18 Å². The fourth-order valence-corrected chi connectivity index (χ4v) is 1.91. The molecule has 2 N–H and O–H groups in total. The second kappa shape index (κ2) is 6.23. The number of carbonyl (C=O) groups excluding carboxylic acids is 1. The second-order valence-corrected chi connectivity index (χ2v) is 4.39. The molecule has 106 valence electrons. The summed E-state index contributed by atoms with van der Waals surface area (Å²) in [5, 5.41) is 5.58. The van der Waals surface area contributed by atoms with Crippen molar-refractivity contribution in [1.29, 1.82) is 0 Å². The van der Waals surface area contributed by atoms with E-state index < -0.39 is 5.82 Å². The van der Waals surface area contributed by atoms with Crippen LogP contribution in [0.2, 0.25) is 0 Å². The molecule has 0 aliphatic heterocycles. The fourth-order valence-electron chi connectivity index (χ4n) is 1.91. The predicted octanol–water partition coefficient (Wildman–Crippen LogP) is 3.09. The summed E-state index contributed by atoms with van der Waals surface area (Å²) in [7, 11) is 0. The quantitative estimate of drug-likeness (QED) is 0.882. The third-order valence-corrected chi connectivity index (χ3v) is 2.83. The van der Waals surface area contributed by atoms with Crippen LogP contribution in [0.1, 0.15) is 28.8 Å². The van der Waals surface area contributed by atoms with Gasteiger partial charge in [-0.05, 0) is 38.1 Å². The molecule has 0 unspecified atom stereocenters. The Morgan fingerprint density at radius 2 is 2.10 bits per heavy atom. The number of benzene rings is 1. The van der Waals surface area contributed by atoms with Crippen LogP contribution in [-0.2, 0) is 6.54 Å². The first kappa shape index (κ1) is 14.1. The molecule has 1 aromatic carbocycles. The predicted molar refractivity (Wildman–Crippen MR) is 75.2 cm³/mol. The van der Waals surface area contributed by atoms with Crippen molar-refractivity contribution in [2.75, 3.05) is 11.9 Å². The summed E-state index contributed by atoms with van der Waals surface area (Å²) in [6.45, 7) is 4.49. The van der Waals surface area contributed by atoms with E-state index in [1.807, 2.05) is 19.9 Å². The highest BCUT2D eigenvalue weighted by Crippen LogP contribution is 2.19. The van der Waals surface area contributed by atoms with Gasteiger partial charge in [0.25, 0.3) is 5.91 Å². The fraction of sp³-hybridized carbons (Fsp3) is 0.267. The Morgan fingerprint density at radius 3 is 2.75 bits per heavy atom. The number of anilines is 1. The molecule has 2 rings (SSSR count). The summed E-state index contributed by atoms with van der Waals surface area (Å²) in [6.07, 6.45) is 0. The summed E-state index contributed by atoms with van der Waals surface area (Å²) < 4.78 is 19.1.